The summed E-state index contributed by atoms with van der Waals surface area (Å²) in [5.74, 6) is 0.0263. The second kappa shape index (κ2) is 5.91. The minimum absolute atomic E-state index is 0.0263. The van der Waals surface area contributed by atoms with E-state index >= 15 is 0 Å². The Morgan fingerprint density at radius 2 is 2.09 bits per heavy atom. The van der Waals surface area contributed by atoms with Gasteiger partial charge in [-0.1, -0.05) is 41.6 Å². The highest BCUT2D eigenvalue weighted by atomic mass is 35.5. The molecule has 0 saturated heterocycles. The van der Waals surface area contributed by atoms with Crippen molar-refractivity contribution >= 4 is 46.0 Å². The largest absolute Gasteiger partial charge is 0.333 e. The number of hydrogen-bond acceptors (Lipinski definition) is 3. The molecule has 0 spiro atoms. The fourth-order valence-electron chi connectivity index (χ4n) is 2.75. The Labute approximate surface area is 142 Å². The first-order valence-electron chi connectivity index (χ1n) is 7.40. The number of aromatic nitrogens is 2. The summed E-state index contributed by atoms with van der Waals surface area (Å²) in [6, 6.07) is 13.5. The Morgan fingerprint density at radius 1 is 1.22 bits per heavy atom. The number of anilines is 1. The number of benzene rings is 2. The highest BCUT2D eigenvalue weighted by Gasteiger charge is 2.25. The lowest BCUT2D eigenvalue weighted by Gasteiger charge is -2.10. The number of nitrogens with zero attached hydrogens (tertiary/aromatic N) is 1. The van der Waals surface area contributed by atoms with Crippen LogP contribution in [0, 0.1) is 0 Å². The molecule has 1 aromatic heterocycles. The molecule has 116 valence electrons. The van der Waals surface area contributed by atoms with Gasteiger partial charge in [0, 0.05) is 10.7 Å². The van der Waals surface area contributed by atoms with Gasteiger partial charge in [-0.05, 0) is 42.7 Å². The van der Waals surface area contributed by atoms with Crippen LogP contribution in [0.15, 0.2) is 47.6 Å². The number of para-hydroxylation sites is 1. The van der Waals surface area contributed by atoms with Crippen LogP contribution < -0.4 is 5.32 Å². The van der Waals surface area contributed by atoms with Gasteiger partial charge in [0.2, 0.25) is 5.91 Å². The van der Waals surface area contributed by atoms with Crippen LogP contribution in [0.25, 0.3) is 11.0 Å². The molecule has 0 radical (unpaired) electrons. The molecule has 0 saturated carbocycles. The molecule has 4 rings (SSSR count). The number of amides is 1. The van der Waals surface area contributed by atoms with E-state index in [1.807, 2.05) is 36.4 Å². The molecule has 0 fully saturated rings. The minimum Gasteiger partial charge on any atom is -0.333 e. The Morgan fingerprint density at radius 3 is 3.00 bits per heavy atom. The molecule has 4 nitrogen and oxygen atoms in total. The van der Waals surface area contributed by atoms with Crippen molar-refractivity contribution in [1.82, 2.24) is 9.97 Å². The van der Waals surface area contributed by atoms with Crippen molar-refractivity contribution in [3.8, 4) is 0 Å². The van der Waals surface area contributed by atoms with Crippen LogP contribution in [0.1, 0.15) is 12.0 Å². The normalized spacial score (nSPS) is 17.6. The molecule has 1 atom stereocenters. The van der Waals surface area contributed by atoms with Crippen LogP contribution in [0.5, 0.6) is 0 Å². The number of aryl methyl sites for hydroxylation is 1. The third kappa shape index (κ3) is 2.94. The average Bonchev–Trinajstić information content (AvgIpc) is 2.86. The summed E-state index contributed by atoms with van der Waals surface area (Å²) < 4.78 is 0. The van der Waals surface area contributed by atoms with E-state index in [9.17, 15) is 4.79 Å². The third-order valence-corrected chi connectivity index (χ3v) is 5.31. The van der Waals surface area contributed by atoms with E-state index < -0.39 is 0 Å². The van der Waals surface area contributed by atoms with Gasteiger partial charge in [-0.25, -0.2) is 4.98 Å². The van der Waals surface area contributed by atoms with E-state index in [0.717, 1.165) is 34.7 Å². The summed E-state index contributed by atoms with van der Waals surface area (Å²) in [5, 5.41) is 4.26. The van der Waals surface area contributed by atoms with Crippen LogP contribution in [0.2, 0.25) is 5.02 Å². The zero-order valence-corrected chi connectivity index (χ0v) is 13.7. The first kappa shape index (κ1) is 14.6. The van der Waals surface area contributed by atoms with Crippen LogP contribution in [0.4, 0.5) is 5.69 Å². The molecule has 6 heteroatoms. The van der Waals surface area contributed by atoms with Gasteiger partial charge < -0.3 is 10.3 Å². The van der Waals surface area contributed by atoms with Crippen molar-refractivity contribution in [1.29, 1.82) is 0 Å². The number of carbonyl (C=O) groups excluding carboxylic acids is 1. The second-order valence-corrected chi connectivity index (χ2v) is 7.12. The Kier molecular flexibility index (Phi) is 3.75. The van der Waals surface area contributed by atoms with Crippen LogP contribution in [-0.2, 0) is 11.2 Å². The zero-order chi connectivity index (χ0) is 15.8. The summed E-state index contributed by atoms with van der Waals surface area (Å²) >= 11 is 7.46. The summed E-state index contributed by atoms with van der Waals surface area (Å²) in [4.78, 5) is 20.2. The van der Waals surface area contributed by atoms with E-state index in [2.05, 4.69) is 21.4 Å². The quantitative estimate of drug-likeness (QED) is 0.730. The summed E-state index contributed by atoms with van der Waals surface area (Å²) in [6.07, 6.45) is 1.66. The van der Waals surface area contributed by atoms with Crippen molar-refractivity contribution in [2.24, 2.45) is 0 Å². The molecule has 1 amide bonds. The highest BCUT2D eigenvalue weighted by Crippen LogP contribution is 2.31. The van der Waals surface area contributed by atoms with Crippen molar-refractivity contribution in [3.63, 3.8) is 0 Å². The third-order valence-electron chi connectivity index (χ3n) is 3.92. The fraction of sp³-hybridized carbons (Fsp3) is 0.176. The van der Waals surface area contributed by atoms with Crippen LogP contribution in [0.3, 0.4) is 0 Å². The number of carbonyl (C=O) groups is 1. The van der Waals surface area contributed by atoms with Crippen molar-refractivity contribution in [3.05, 3.63) is 53.1 Å². The molecule has 3 aromatic rings. The molecule has 1 unspecified atom stereocenters. The minimum atomic E-state index is -0.168. The smallest absolute Gasteiger partial charge is 0.237 e. The Balaban J connectivity index is 1.57. The zero-order valence-electron chi connectivity index (χ0n) is 12.2. The van der Waals surface area contributed by atoms with Gasteiger partial charge in [0.25, 0.3) is 0 Å². The number of nitrogens with one attached hydrogen (secondary N) is 2. The summed E-state index contributed by atoms with van der Waals surface area (Å²) in [7, 11) is 0. The maximum Gasteiger partial charge on any atom is 0.237 e. The van der Waals surface area contributed by atoms with E-state index in [1.165, 1.54) is 17.3 Å². The number of imidazole rings is 1. The molecule has 23 heavy (non-hydrogen) atoms. The number of hydrogen-bond donors (Lipinski definition) is 2. The number of halogens is 1. The Bertz CT molecular complexity index is 892. The fourth-order valence-corrected chi connectivity index (χ4v) is 3.92. The molecule has 2 N–H and O–H groups in total. The maximum atomic E-state index is 12.5. The first-order chi connectivity index (χ1) is 11.2. The predicted molar refractivity (Wildman–Crippen MR) is 94.1 cm³/mol. The lowest BCUT2D eigenvalue weighted by Crippen LogP contribution is -2.23. The lowest BCUT2D eigenvalue weighted by atomic mass is 10.1. The molecule has 1 aliphatic rings. The van der Waals surface area contributed by atoms with Crippen molar-refractivity contribution in [2.45, 2.75) is 23.2 Å². The van der Waals surface area contributed by atoms with E-state index in [1.54, 1.807) is 0 Å². The molecular weight excluding hydrogens is 330 g/mol. The van der Waals surface area contributed by atoms with Crippen LogP contribution >= 0.6 is 23.4 Å². The van der Waals surface area contributed by atoms with Gasteiger partial charge in [0.05, 0.1) is 16.3 Å². The van der Waals surface area contributed by atoms with Gasteiger partial charge in [-0.2, -0.15) is 0 Å². The molecule has 2 aromatic carbocycles. The first-order valence-corrected chi connectivity index (χ1v) is 8.65. The standard InChI is InChI=1S/C17H14ClN3OS/c18-11-6-7-13-14(9-11)21-17(20-13)23-15-8-5-10-3-1-2-4-12(10)19-16(15)22/h1-4,6-7,9,15H,5,8H2,(H,19,22)(H,20,21). The van der Waals surface area contributed by atoms with Gasteiger partial charge in [-0.15, -0.1) is 0 Å². The molecule has 2 heterocycles. The summed E-state index contributed by atoms with van der Waals surface area (Å²) in [6.45, 7) is 0. The highest BCUT2D eigenvalue weighted by molar-refractivity contribution is 8.00. The summed E-state index contributed by atoms with van der Waals surface area (Å²) in [5.41, 5.74) is 3.84. The number of thioether (sulfide) groups is 1. The van der Waals surface area contributed by atoms with E-state index in [4.69, 9.17) is 11.6 Å². The van der Waals surface area contributed by atoms with Crippen molar-refractivity contribution in [2.75, 3.05) is 5.32 Å². The molecule has 0 aliphatic carbocycles. The number of rotatable bonds is 2. The topological polar surface area (TPSA) is 57.8 Å². The maximum absolute atomic E-state index is 12.5. The number of fused-ring (bicyclic) bond motifs is 2. The van der Waals surface area contributed by atoms with E-state index in [-0.39, 0.29) is 11.2 Å². The molecular formula is C17H14ClN3OS. The van der Waals surface area contributed by atoms with Gasteiger partial charge >= 0.3 is 0 Å². The lowest BCUT2D eigenvalue weighted by molar-refractivity contribution is -0.115. The molecule has 1 aliphatic heterocycles. The average molecular weight is 344 g/mol. The Hall–Kier alpha value is -1.98. The van der Waals surface area contributed by atoms with E-state index in [0.29, 0.717) is 5.02 Å². The van der Waals surface area contributed by atoms with Gasteiger partial charge in [0.15, 0.2) is 5.16 Å². The predicted octanol–water partition coefficient (Wildman–Crippen LogP) is 4.26. The number of H-pyrrole nitrogens is 1. The number of aromatic amines is 1. The molecule has 0 bridgehead atoms. The van der Waals surface area contributed by atoms with Crippen molar-refractivity contribution < 1.29 is 4.79 Å². The van der Waals surface area contributed by atoms with Gasteiger partial charge in [0.1, 0.15) is 0 Å². The second-order valence-electron chi connectivity index (χ2n) is 5.49. The monoisotopic (exact) mass is 343 g/mol. The van der Waals surface area contributed by atoms with Crippen LogP contribution in [-0.4, -0.2) is 21.1 Å². The van der Waals surface area contributed by atoms with Gasteiger partial charge in [-0.3, -0.25) is 4.79 Å². The SMILES string of the molecule is O=C1Nc2ccccc2CCC1Sc1nc2ccc(Cl)cc2[nH]1.